The molecule has 5 nitrogen and oxygen atoms in total. The Morgan fingerprint density at radius 2 is 2.08 bits per heavy atom. The van der Waals surface area contributed by atoms with E-state index in [9.17, 15) is 9.59 Å². The number of amides is 3. The maximum atomic E-state index is 12.6. The van der Waals surface area contributed by atoms with Crippen LogP contribution in [0, 0.1) is 5.92 Å². The fraction of sp³-hybridized carbons (Fsp3) is 0.579. The van der Waals surface area contributed by atoms with E-state index in [0.717, 1.165) is 24.9 Å². The van der Waals surface area contributed by atoms with Gasteiger partial charge in [0.05, 0.1) is 12.0 Å². The molecule has 1 heterocycles. The van der Waals surface area contributed by atoms with Gasteiger partial charge in [-0.1, -0.05) is 23.7 Å². The monoisotopic (exact) mass is 365 g/mol. The number of piperidine rings is 1. The van der Waals surface area contributed by atoms with Crippen LogP contribution in [0.15, 0.2) is 24.3 Å². The van der Waals surface area contributed by atoms with Crippen molar-refractivity contribution in [3.8, 4) is 0 Å². The molecule has 25 heavy (non-hydrogen) atoms. The summed E-state index contributed by atoms with van der Waals surface area (Å²) in [6, 6.07) is 7.44. The van der Waals surface area contributed by atoms with Crippen LogP contribution in [0.3, 0.4) is 0 Å². The molecule has 1 aliphatic rings. The molecule has 0 aliphatic carbocycles. The van der Waals surface area contributed by atoms with E-state index in [2.05, 4.69) is 5.32 Å². The summed E-state index contributed by atoms with van der Waals surface area (Å²) in [5, 5.41) is 3.72. The van der Waals surface area contributed by atoms with Crippen molar-refractivity contribution < 1.29 is 9.59 Å². The number of hydrogen-bond donors (Lipinski definition) is 1. The molecular formula is C19H28ClN3O2. The predicted molar refractivity (Wildman–Crippen MR) is 101 cm³/mol. The van der Waals surface area contributed by atoms with E-state index in [1.54, 1.807) is 4.90 Å². The van der Waals surface area contributed by atoms with Gasteiger partial charge in [-0.2, -0.15) is 0 Å². The third-order valence-electron chi connectivity index (χ3n) is 4.80. The van der Waals surface area contributed by atoms with Crippen molar-refractivity contribution in [2.45, 2.75) is 39.7 Å². The van der Waals surface area contributed by atoms with Gasteiger partial charge < -0.3 is 15.1 Å². The molecule has 1 aromatic carbocycles. The lowest BCUT2D eigenvalue weighted by atomic mass is 9.96. The van der Waals surface area contributed by atoms with Crippen molar-refractivity contribution in [3.63, 3.8) is 0 Å². The van der Waals surface area contributed by atoms with Crippen molar-refractivity contribution >= 4 is 23.5 Å². The van der Waals surface area contributed by atoms with E-state index in [1.807, 2.05) is 49.9 Å². The molecule has 6 heteroatoms. The standard InChI is InChI=1S/C19H28ClN3O2/c1-4-22(5-2)19(25)23-11-7-9-16(13-23)18(24)21-14(3)15-8-6-10-17(20)12-15/h6,8,10,12,14,16H,4-5,7,9,11,13H2,1-3H3,(H,21,24)/t14-,16-/m1/s1. The van der Waals surface area contributed by atoms with Gasteiger partial charge in [0.25, 0.3) is 0 Å². The van der Waals surface area contributed by atoms with Crippen molar-refractivity contribution in [3.05, 3.63) is 34.9 Å². The Hall–Kier alpha value is -1.75. The second-order valence-corrected chi connectivity index (χ2v) is 6.96. The average molecular weight is 366 g/mol. The van der Waals surface area contributed by atoms with Crippen LogP contribution in [0.2, 0.25) is 5.02 Å². The third kappa shape index (κ3) is 5.11. The van der Waals surface area contributed by atoms with E-state index in [1.165, 1.54) is 0 Å². The third-order valence-corrected chi connectivity index (χ3v) is 5.04. The highest BCUT2D eigenvalue weighted by molar-refractivity contribution is 6.30. The van der Waals surface area contributed by atoms with Crippen LogP contribution in [0.25, 0.3) is 0 Å². The maximum Gasteiger partial charge on any atom is 0.320 e. The number of carbonyl (C=O) groups excluding carboxylic acids is 2. The molecule has 0 radical (unpaired) electrons. The molecule has 3 amide bonds. The van der Waals surface area contributed by atoms with Crippen LogP contribution >= 0.6 is 11.6 Å². The normalized spacial score (nSPS) is 18.6. The SMILES string of the molecule is CCN(CC)C(=O)N1CCC[C@@H](C(=O)N[C@H](C)c2cccc(Cl)c2)C1. The highest BCUT2D eigenvalue weighted by Crippen LogP contribution is 2.21. The Labute approximate surface area is 155 Å². The molecule has 1 fully saturated rings. The number of rotatable bonds is 5. The zero-order chi connectivity index (χ0) is 18.4. The molecule has 1 N–H and O–H groups in total. The van der Waals surface area contributed by atoms with Gasteiger partial charge in [-0.3, -0.25) is 4.79 Å². The number of carbonyl (C=O) groups is 2. The second kappa shape index (κ2) is 9.09. The number of hydrogen-bond acceptors (Lipinski definition) is 2. The number of urea groups is 1. The molecule has 2 rings (SSSR count). The molecule has 0 unspecified atom stereocenters. The summed E-state index contributed by atoms with van der Waals surface area (Å²) in [5.41, 5.74) is 0.979. The van der Waals surface area contributed by atoms with Crippen molar-refractivity contribution in [2.75, 3.05) is 26.2 Å². The first kappa shape index (κ1) is 19.6. The van der Waals surface area contributed by atoms with E-state index >= 15 is 0 Å². The van der Waals surface area contributed by atoms with Crippen LogP contribution in [0.5, 0.6) is 0 Å². The quantitative estimate of drug-likeness (QED) is 0.865. The minimum absolute atomic E-state index is 0.00419. The average Bonchev–Trinajstić information content (AvgIpc) is 2.62. The van der Waals surface area contributed by atoms with Gasteiger partial charge in [0.1, 0.15) is 0 Å². The second-order valence-electron chi connectivity index (χ2n) is 6.53. The van der Waals surface area contributed by atoms with Crippen molar-refractivity contribution in [2.24, 2.45) is 5.92 Å². The van der Waals surface area contributed by atoms with Crippen LogP contribution in [0.1, 0.15) is 45.2 Å². The van der Waals surface area contributed by atoms with Gasteiger partial charge in [0, 0.05) is 31.2 Å². The fourth-order valence-corrected chi connectivity index (χ4v) is 3.45. The molecule has 138 valence electrons. The number of benzene rings is 1. The van der Waals surface area contributed by atoms with E-state index in [-0.39, 0.29) is 23.9 Å². The topological polar surface area (TPSA) is 52.7 Å². The first-order valence-electron chi connectivity index (χ1n) is 9.05. The minimum Gasteiger partial charge on any atom is -0.349 e. The Morgan fingerprint density at radius 3 is 2.72 bits per heavy atom. The summed E-state index contributed by atoms with van der Waals surface area (Å²) in [6.45, 7) is 8.49. The fourth-order valence-electron chi connectivity index (χ4n) is 3.25. The van der Waals surface area contributed by atoms with Crippen LogP contribution in [0.4, 0.5) is 4.79 Å². The van der Waals surface area contributed by atoms with Gasteiger partial charge in [0.15, 0.2) is 0 Å². The summed E-state index contributed by atoms with van der Waals surface area (Å²) in [4.78, 5) is 28.8. The first-order chi connectivity index (χ1) is 12.0. The summed E-state index contributed by atoms with van der Waals surface area (Å²) in [6.07, 6.45) is 1.67. The zero-order valence-corrected chi connectivity index (χ0v) is 16.1. The number of nitrogens with zero attached hydrogens (tertiary/aromatic N) is 2. The first-order valence-corrected chi connectivity index (χ1v) is 9.43. The highest BCUT2D eigenvalue weighted by atomic mass is 35.5. The van der Waals surface area contributed by atoms with Crippen molar-refractivity contribution in [1.82, 2.24) is 15.1 Å². The van der Waals surface area contributed by atoms with Crippen LogP contribution < -0.4 is 5.32 Å². The summed E-state index contributed by atoms with van der Waals surface area (Å²) < 4.78 is 0. The maximum absolute atomic E-state index is 12.6. The number of nitrogens with one attached hydrogen (secondary N) is 1. The number of halogens is 1. The van der Waals surface area contributed by atoms with Gasteiger partial charge in [-0.25, -0.2) is 4.79 Å². The lowest BCUT2D eigenvalue weighted by Gasteiger charge is -2.35. The van der Waals surface area contributed by atoms with Gasteiger partial charge in [0.2, 0.25) is 5.91 Å². The lowest BCUT2D eigenvalue weighted by molar-refractivity contribution is -0.127. The largest absolute Gasteiger partial charge is 0.349 e. The molecular weight excluding hydrogens is 338 g/mol. The summed E-state index contributed by atoms with van der Waals surface area (Å²) >= 11 is 6.02. The minimum atomic E-state index is -0.158. The van der Waals surface area contributed by atoms with Crippen molar-refractivity contribution in [1.29, 1.82) is 0 Å². The van der Waals surface area contributed by atoms with Gasteiger partial charge in [-0.15, -0.1) is 0 Å². The van der Waals surface area contributed by atoms with E-state index in [4.69, 9.17) is 11.6 Å². The van der Waals surface area contributed by atoms with Crippen LogP contribution in [-0.4, -0.2) is 47.9 Å². The lowest BCUT2D eigenvalue weighted by Crippen LogP contribution is -2.50. The van der Waals surface area contributed by atoms with E-state index in [0.29, 0.717) is 24.7 Å². The Morgan fingerprint density at radius 1 is 1.36 bits per heavy atom. The molecule has 0 aromatic heterocycles. The van der Waals surface area contributed by atoms with Gasteiger partial charge in [-0.05, 0) is 51.3 Å². The molecule has 1 saturated heterocycles. The Balaban J connectivity index is 1.96. The molecule has 2 atom stereocenters. The van der Waals surface area contributed by atoms with Crippen LogP contribution in [-0.2, 0) is 4.79 Å². The molecule has 0 bridgehead atoms. The van der Waals surface area contributed by atoms with Gasteiger partial charge >= 0.3 is 6.03 Å². The molecule has 0 saturated carbocycles. The Kier molecular flexibility index (Phi) is 7.12. The highest BCUT2D eigenvalue weighted by Gasteiger charge is 2.30. The summed E-state index contributed by atoms with van der Waals surface area (Å²) in [7, 11) is 0. The zero-order valence-electron chi connectivity index (χ0n) is 15.3. The summed E-state index contributed by atoms with van der Waals surface area (Å²) in [5.74, 6) is -0.153. The predicted octanol–water partition coefficient (Wildman–Crippen LogP) is 3.69. The van der Waals surface area contributed by atoms with E-state index < -0.39 is 0 Å². The Bertz CT molecular complexity index is 604. The number of likely N-dealkylation sites (tertiary alicyclic amines) is 1. The molecule has 1 aliphatic heterocycles. The molecule has 1 aromatic rings. The molecule has 0 spiro atoms. The smallest absolute Gasteiger partial charge is 0.320 e.